The second-order valence-corrected chi connectivity index (χ2v) is 8.64. The highest BCUT2D eigenvalue weighted by Gasteiger charge is 2.55. The smallest absolute Gasteiger partial charge is 0.319 e. The molecule has 3 rings (SSSR count). The number of hydrogen-bond donors (Lipinski definition) is 3. The van der Waals surface area contributed by atoms with Crippen LogP contribution in [0.1, 0.15) is 52.0 Å². The highest BCUT2D eigenvalue weighted by Crippen LogP contribution is 2.39. The molecule has 9 heteroatoms. The molecule has 3 N–H and O–H groups in total. The maximum atomic E-state index is 12.3. The van der Waals surface area contributed by atoms with Crippen molar-refractivity contribution in [1.29, 1.82) is 0 Å². The number of unbranched alkanes of at least 4 members (excludes halogenated alkanes) is 3. The lowest BCUT2D eigenvalue weighted by atomic mass is 10.1. The number of carbonyl (C=O) groups is 2. The molecule has 2 amide bonds. The summed E-state index contributed by atoms with van der Waals surface area (Å²) in [5, 5.41) is 14.4. The zero-order valence-electron chi connectivity index (χ0n) is 19.0. The predicted molar refractivity (Wildman–Crippen MR) is 117 cm³/mol. The number of anilines is 1. The molecule has 0 saturated carbocycles. The standard InChI is InChI=1S/C23H34N2O7/c1-4-5-6-7-12-29-21-20-19(31-23(2,3)32-20)17(30-21)14-24-22(28)25-16-10-8-15(9-11-16)13-18(26)27/h8-11,17,19-21H,4-7,12-14H2,1-3H3,(H,26,27)(H2,24,25,28)/t17-,19-,20-,21-/m0/s1. The fourth-order valence-electron chi connectivity index (χ4n) is 3.92. The van der Waals surface area contributed by atoms with Crippen molar-refractivity contribution >= 4 is 17.7 Å². The summed E-state index contributed by atoms with van der Waals surface area (Å²) >= 11 is 0. The van der Waals surface area contributed by atoms with E-state index in [1.165, 1.54) is 6.42 Å². The Labute approximate surface area is 188 Å². The van der Waals surface area contributed by atoms with Crippen LogP contribution in [0.15, 0.2) is 24.3 Å². The van der Waals surface area contributed by atoms with Gasteiger partial charge < -0.3 is 34.7 Å². The molecule has 9 nitrogen and oxygen atoms in total. The van der Waals surface area contributed by atoms with Crippen LogP contribution < -0.4 is 10.6 Å². The van der Waals surface area contributed by atoms with Gasteiger partial charge in [0.25, 0.3) is 0 Å². The minimum atomic E-state index is -0.900. The monoisotopic (exact) mass is 450 g/mol. The molecule has 32 heavy (non-hydrogen) atoms. The van der Waals surface area contributed by atoms with Gasteiger partial charge in [-0.15, -0.1) is 0 Å². The first kappa shape index (κ1) is 24.4. The van der Waals surface area contributed by atoms with Crippen molar-refractivity contribution in [3.63, 3.8) is 0 Å². The van der Waals surface area contributed by atoms with Gasteiger partial charge in [-0.05, 0) is 38.0 Å². The number of amides is 2. The predicted octanol–water partition coefficient (Wildman–Crippen LogP) is 3.28. The number of carboxylic acids is 1. The number of ether oxygens (including phenoxy) is 4. The van der Waals surface area contributed by atoms with Crippen LogP contribution in [0, 0.1) is 0 Å². The summed E-state index contributed by atoms with van der Waals surface area (Å²) in [6, 6.07) is 6.28. The van der Waals surface area contributed by atoms with E-state index < -0.39 is 30.2 Å². The van der Waals surface area contributed by atoms with E-state index >= 15 is 0 Å². The Balaban J connectivity index is 1.48. The first-order chi connectivity index (χ1) is 15.3. The number of benzene rings is 1. The Hall–Kier alpha value is -2.20. The molecule has 4 atom stereocenters. The Morgan fingerprint density at radius 3 is 2.50 bits per heavy atom. The van der Waals surface area contributed by atoms with Gasteiger partial charge in [0.15, 0.2) is 12.1 Å². The van der Waals surface area contributed by atoms with Gasteiger partial charge in [0.05, 0.1) is 6.42 Å². The van der Waals surface area contributed by atoms with E-state index in [1.54, 1.807) is 24.3 Å². The number of fused-ring (bicyclic) bond motifs is 1. The Morgan fingerprint density at radius 2 is 1.81 bits per heavy atom. The summed E-state index contributed by atoms with van der Waals surface area (Å²) in [7, 11) is 0. The number of hydrogen-bond acceptors (Lipinski definition) is 6. The van der Waals surface area contributed by atoms with E-state index in [2.05, 4.69) is 17.6 Å². The molecule has 0 radical (unpaired) electrons. The van der Waals surface area contributed by atoms with Gasteiger partial charge in [-0.2, -0.15) is 0 Å². The molecule has 0 spiro atoms. The van der Waals surface area contributed by atoms with Crippen LogP contribution in [0.2, 0.25) is 0 Å². The number of carbonyl (C=O) groups excluding carboxylic acids is 1. The van der Waals surface area contributed by atoms with E-state index in [-0.39, 0.29) is 25.2 Å². The molecule has 2 fully saturated rings. The summed E-state index contributed by atoms with van der Waals surface area (Å²) in [6.45, 7) is 6.71. The summed E-state index contributed by atoms with van der Waals surface area (Å²) in [5.41, 5.74) is 1.23. The topological polar surface area (TPSA) is 115 Å². The zero-order chi connectivity index (χ0) is 23.1. The third-order valence-corrected chi connectivity index (χ3v) is 5.42. The Bertz CT molecular complexity index is 768. The van der Waals surface area contributed by atoms with Gasteiger partial charge in [0, 0.05) is 18.8 Å². The van der Waals surface area contributed by atoms with E-state index in [1.807, 2.05) is 13.8 Å². The fraction of sp³-hybridized carbons (Fsp3) is 0.652. The molecule has 1 aromatic carbocycles. The normalized spacial score (nSPS) is 26.0. The molecule has 1 aromatic rings. The maximum Gasteiger partial charge on any atom is 0.319 e. The van der Waals surface area contributed by atoms with Crippen LogP contribution in [0.25, 0.3) is 0 Å². The van der Waals surface area contributed by atoms with Crippen molar-refractivity contribution in [3.05, 3.63) is 29.8 Å². The molecule has 0 unspecified atom stereocenters. The molecule has 178 valence electrons. The Kier molecular flexibility index (Phi) is 8.47. The minimum Gasteiger partial charge on any atom is -0.481 e. The molecular weight excluding hydrogens is 416 g/mol. The van der Waals surface area contributed by atoms with Gasteiger partial charge in [0.1, 0.15) is 18.3 Å². The summed E-state index contributed by atoms with van der Waals surface area (Å²) in [5.74, 6) is -1.64. The van der Waals surface area contributed by atoms with Crippen molar-refractivity contribution < 1.29 is 33.6 Å². The van der Waals surface area contributed by atoms with Crippen molar-refractivity contribution in [2.75, 3.05) is 18.5 Å². The minimum absolute atomic E-state index is 0.0612. The van der Waals surface area contributed by atoms with E-state index in [0.29, 0.717) is 17.9 Å². The maximum absolute atomic E-state index is 12.3. The van der Waals surface area contributed by atoms with E-state index in [4.69, 9.17) is 24.1 Å². The highest BCUT2D eigenvalue weighted by molar-refractivity contribution is 5.89. The summed E-state index contributed by atoms with van der Waals surface area (Å²) < 4.78 is 23.9. The van der Waals surface area contributed by atoms with Crippen molar-refractivity contribution in [2.45, 2.75) is 83.3 Å². The lowest BCUT2D eigenvalue weighted by Gasteiger charge is -2.24. The van der Waals surface area contributed by atoms with Crippen LogP contribution in [-0.2, 0) is 30.2 Å². The van der Waals surface area contributed by atoms with Crippen LogP contribution in [-0.4, -0.2) is 60.6 Å². The molecule has 2 heterocycles. The molecular formula is C23H34N2O7. The molecule has 2 saturated heterocycles. The third kappa shape index (κ3) is 6.90. The summed E-state index contributed by atoms with van der Waals surface area (Å²) in [4.78, 5) is 23.1. The van der Waals surface area contributed by atoms with Crippen LogP contribution in [0.5, 0.6) is 0 Å². The lowest BCUT2D eigenvalue weighted by molar-refractivity contribution is -0.232. The third-order valence-electron chi connectivity index (χ3n) is 5.42. The first-order valence-electron chi connectivity index (χ1n) is 11.3. The van der Waals surface area contributed by atoms with Crippen LogP contribution in [0.4, 0.5) is 10.5 Å². The van der Waals surface area contributed by atoms with Gasteiger partial charge >= 0.3 is 12.0 Å². The SMILES string of the molecule is CCCCCCO[C@H]1O[C@@H](CNC(=O)Nc2ccc(CC(=O)O)cc2)[C@@H]2OC(C)(C)O[C@H]12. The number of nitrogens with one attached hydrogen (secondary N) is 2. The molecule has 0 aromatic heterocycles. The van der Waals surface area contributed by atoms with Crippen molar-refractivity contribution in [3.8, 4) is 0 Å². The van der Waals surface area contributed by atoms with Gasteiger partial charge in [-0.25, -0.2) is 4.79 Å². The fourth-order valence-corrected chi connectivity index (χ4v) is 3.92. The number of urea groups is 1. The van der Waals surface area contributed by atoms with E-state index in [9.17, 15) is 9.59 Å². The average molecular weight is 451 g/mol. The zero-order valence-corrected chi connectivity index (χ0v) is 19.0. The quantitative estimate of drug-likeness (QED) is 0.443. The molecule has 2 aliphatic heterocycles. The lowest BCUT2D eigenvalue weighted by Crippen LogP contribution is -2.41. The largest absolute Gasteiger partial charge is 0.481 e. The number of rotatable bonds is 11. The Morgan fingerprint density at radius 1 is 1.09 bits per heavy atom. The van der Waals surface area contributed by atoms with Crippen molar-refractivity contribution in [1.82, 2.24) is 5.32 Å². The molecule has 0 aliphatic carbocycles. The van der Waals surface area contributed by atoms with E-state index in [0.717, 1.165) is 19.3 Å². The van der Waals surface area contributed by atoms with Crippen molar-refractivity contribution in [2.24, 2.45) is 0 Å². The first-order valence-corrected chi connectivity index (χ1v) is 11.3. The van der Waals surface area contributed by atoms with Gasteiger partial charge in [-0.1, -0.05) is 38.3 Å². The van der Waals surface area contributed by atoms with Crippen LogP contribution >= 0.6 is 0 Å². The second kappa shape index (κ2) is 11.1. The molecule has 2 aliphatic rings. The number of aliphatic carboxylic acids is 1. The second-order valence-electron chi connectivity index (χ2n) is 8.64. The average Bonchev–Trinajstić information content (AvgIpc) is 3.20. The summed E-state index contributed by atoms with van der Waals surface area (Å²) in [6.07, 6.45) is 2.76. The van der Waals surface area contributed by atoms with Gasteiger partial charge in [0.2, 0.25) is 0 Å². The van der Waals surface area contributed by atoms with Crippen LogP contribution in [0.3, 0.4) is 0 Å². The number of carboxylic acid groups (broad SMARTS) is 1. The van der Waals surface area contributed by atoms with Gasteiger partial charge in [-0.3, -0.25) is 4.79 Å². The highest BCUT2D eigenvalue weighted by atomic mass is 16.8. The molecule has 0 bridgehead atoms.